The summed E-state index contributed by atoms with van der Waals surface area (Å²) in [7, 11) is 2.11. The highest BCUT2D eigenvalue weighted by Crippen LogP contribution is 2.28. The Morgan fingerprint density at radius 1 is 1.40 bits per heavy atom. The van der Waals surface area contributed by atoms with Gasteiger partial charge in [0.25, 0.3) is 0 Å². The molecule has 1 saturated carbocycles. The molecule has 1 aliphatic heterocycles. The average molecular weight is 211 g/mol. The predicted octanol–water partition coefficient (Wildman–Crippen LogP) is 0.0782. The lowest BCUT2D eigenvalue weighted by Crippen LogP contribution is -2.56. The van der Waals surface area contributed by atoms with Crippen LogP contribution in [-0.4, -0.2) is 42.5 Å². The summed E-state index contributed by atoms with van der Waals surface area (Å²) in [6, 6.07) is 0.543. The van der Waals surface area contributed by atoms with Crippen molar-refractivity contribution >= 4 is 5.91 Å². The lowest BCUT2D eigenvalue weighted by Gasteiger charge is -2.30. The maximum atomic E-state index is 11.6. The summed E-state index contributed by atoms with van der Waals surface area (Å²) in [6.07, 6.45) is 5.20. The molecule has 1 saturated heterocycles. The van der Waals surface area contributed by atoms with Crippen molar-refractivity contribution in [2.24, 2.45) is 5.73 Å². The van der Waals surface area contributed by atoms with Gasteiger partial charge in [-0.15, -0.1) is 0 Å². The van der Waals surface area contributed by atoms with Crippen molar-refractivity contribution < 1.29 is 4.79 Å². The van der Waals surface area contributed by atoms with Crippen molar-refractivity contribution in [3.63, 3.8) is 0 Å². The SMILES string of the molecule is CN1CCCC(NC2CC2)(C(N)=O)CC1. The molecule has 0 aromatic rings. The maximum absolute atomic E-state index is 11.6. The van der Waals surface area contributed by atoms with E-state index in [1.54, 1.807) is 0 Å². The fourth-order valence-electron chi connectivity index (χ4n) is 2.35. The second-order valence-electron chi connectivity index (χ2n) is 5.02. The van der Waals surface area contributed by atoms with Crippen molar-refractivity contribution in [1.29, 1.82) is 0 Å². The van der Waals surface area contributed by atoms with E-state index in [2.05, 4.69) is 17.3 Å². The summed E-state index contributed by atoms with van der Waals surface area (Å²) in [6.45, 7) is 2.03. The number of nitrogens with zero attached hydrogens (tertiary/aromatic N) is 1. The molecule has 1 aliphatic carbocycles. The molecule has 2 fully saturated rings. The Labute approximate surface area is 91.2 Å². The third-order valence-corrected chi connectivity index (χ3v) is 3.59. The van der Waals surface area contributed by atoms with Crippen LogP contribution in [0, 0.1) is 0 Å². The molecule has 4 heteroatoms. The highest BCUT2D eigenvalue weighted by Gasteiger charge is 2.41. The summed E-state index contributed by atoms with van der Waals surface area (Å²) < 4.78 is 0. The van der Waals surface area contributed by atoms with Crippen LogP contribution in [0.1, 0.15) is 32.1 Å². The minimum absolute atomic E-state index is 0.162. The Morgan fingerprint density at radius 2 is 2.13 bits per heavy atom. The number of rotatable bonds is 3. The van der Waals surface area contributed by atoms with Gasteiger partial charge >= 0.3 is 0 Å². The first-order chi connectivity index (χ1) is 7.12. The van der Waals surface area contributed by atoms with E-state index in [9.17, 15) is 4.79 Å². The summed E-state index contributed by atoms with van der Waals surface area (Å²) in [5.41, 5.74) is 5.15. The number of nitrogens with two attached hydrogens (primary N) is 1. The molecule has 15 heavy (non-hydrogen) atoms. The lowest BCUT2D eigenvalue weighted by atomic mass is 9.89. The predicted molar refractivity (Wildman–Crippen MR) is 59.4 cm³/mol. The van der Waals surface area contributed by atoms with Gasteiger partial charge in [0.1, 0.15) is 0 Å². The number of primary amides is 1. The average Bonchev–Trinajstić information content (AvgIpc) is 2.97. The van der Waals surface area contributed by atoms with Gasteiger partial charge in [0.05, 0.1) is 5.54 Å². The van der Waals surface area contributed by atoms with E-state index in [-0.39, 0.29) is 5.91 Å². The van der Waals surface area contributed by atoms with Crippen LogP contribution in [-0.2, 0) is 4.79 Å². The zero-order valence-electron chi connectivity index (χ0n) is 9.46. The van der Waals surface area contributed by atoms with Crippen molar-refractivity contribution in [2.75, 3.05) is 20.1 Å². The molecule has 2 rings (SSSR count). The van der Waals surface area contributed by atoms with Gasteiger partial charge in [0.15, 0.2) is 0 Å². The molecule has 3 N–H and O–H groups in total. The van der Waals surface area contributed by atoms with Crippen LogP contribution in [0.2, 0.25) is 0 Å². The van der Waals surface area contributed by atoms with E-state index in [1.807, 2.05) is 0 Å². The molecule has 1 unspecified atom stereocenters. The number of likely N-dealkylation sites (tertiary alicyclic amines) is 1. The van der Waals surface area contributed by atoms with Gasteiger partial charge in [-0.05, 0) is 45.7 Å². The number of amides is 1. The van der Waals surface area contributed by atoms with Crippen LogP contribution in [0.25, 0.3) is 0 Å². The molecular weight excluding hydrogens is 190 g/mol. The molecule has 1 atom stereocenters. The highest BCUT2D eigenvalue weighted by atomic mass is 16.1. The molecular formula is C11H21N3O. The Balaban J connectivity index is 2.05. The minimum Gasteiger partial charge on any atom is -0.368 e. The number of hydrogen-bond acceptors (Lipinski definition) is 3. The molecule has 2 aliphatic rings. The van der Waals surface area contributed by atoms with Gasteiger partial charge < -0.3 is 16.0 Å². The fourth-order valence-corrected chi connectivity index (χ4v) is 2.35. The Hall–Kier alpha value is -0.610. The molecule has 0 radical (unpaired) electrons. The van der Waals surface area contributed by atoms with Gasteiger partial charge in [-0.1, -0.05) is 0 Å². The van der Waals surface area contributed by atoms with Gasteiger partial charge in [-0.3, -0.25) is 4.79 Å². The van der Waals surface area contributed by atoms with E-state index in [0.717, 1.165) is 32.4 Å². The molecule has 1 heterocycles. The minimum atomic E-state index is -0.425. The normalized spacial score (nSPS) is 33.7. The lowest BCUT2D eigenvalue weighted by molar-refractivity contribution is -0.125. The van der Waals surface area contributed by atoms with Gasteiger partial charge in [-0.2, -0.15) is 0 Å². The standard InChI is InChI=1S/C11H21N3O/c1-14-7-2-5-11(6-8-14,10(12)15)13-9-3-4-9/h9,13H,2-8H2,1H3,(H2,12,15). The first kappa shape index (κ1) is 10.9. The van der Waals surface area contributed by atoms with E-state index in [0.29, 0.717) is 6.04 Å². The maximum Gasteiger partial charge on any atom is 0.237 e. The second kappa shape index (κ2) is 4.10. The van der Waals surface area contributed by atoms with Gasteiger partial charge in [0, 0.05) is 12.6 Å². The van der Waals surface area contributed by atoms with Gasteiger partial charge in [0.2, 0.25) is 5.91 Å². The molecule has 0 spiro atoms. The summed E-state index contributed by atoms with van der Waals surface area (Å²) in [5, 5.41) is 3.47. The smallest absolute Gasteiger partial charge is 0.237 e. The van der Waals surface area contributed by atoms with Crippen molar-refractivity contribution in [2.45, 2.75) is 43.7 Å². The Kier molecular flexibility index (Phi) is 2.98. The first-order valence-corrected chi connectivity index (χ1v) is 5.88. The third-order valence-electron chi connectivity index (χ3n) is 3.59. The van der Waals surface area contributed by atoms with E-state index < -0.39 is 5.54 Å². The van der Waals surface area contributed by atoms with Crippen molar-refractivity contribution in [1.82, 2.24) is 10.2 Å². The largest absolute Gasteiger partial charge is 0.368 e. The van der Waals surface area contributed by atoms with E-state index in [4.69, 9.17) is 5.73 Å². The molecule has 0 aromatic carbocycles. The van der Waals surface area contributed by atoms with E-state index in [1.165, 1.54) is 12.8 Å². The van der Waals surface area contributed by atoms with Crippen LogP contribution in [0.3, 0.4) is 0 Å². The second-order valence-corrected chi connectivity index (χ2v) is 5.02. The van der Waals surface area contributed by atoms with Gasteiger partial charge in [-0.25, -0.2) is 0 Å². The Bertz CT molecular complexity index is 252. The first-order valence-electron chi connectivity index (χ1n) is 5.88. The van der Waals surface area contributed by atoms with Crippen LogP contribution >= 0.6 is 0 Å². The quantitative estimate of drug-likeness (QED) is 0.695. The number of nitrogens with one attached hydrogen (secondary N) is 1. The summed E-state index contributed by atoms with van der Waals surface area (Å²) >= 11 is 0. The Morgan fingerprint density at radius 3 is 2.73 bits per heavy atom. The molecule has 1 amide bonds. The van der Waals surface area contributed by atoms with Crippen LogP contribution in [0.15, 0.2) is 0 Å². The monoisotopic (exact) mass is 211 g/mol. The summed E-state index contributed by atoms with van der Waals surface area (Å²) in [4.78, 5) is 13.9. The van der Waals surface area contributed by atoms with E-state index >= 15 is 0 Å². The topological polar surface area (TPSA) is 58.4 Å². The number of hydrogen-bond donors (Lipinski definition) is 2. The van der Waals surface area contributed by atoms with Crippen molar-refractivity contribution in [3.8, 4) is 0 Å². The van der Waals surface area contributed by atoms with Crippen LogP contribution < -0.4 is 11.1 Å². The van der Waals surface area contributed by atoms with Crippen LogP contribution in [0.4, 0.5) is 0 Å². The zero-order valence-corrected chi connectivity index (χ0v) is 9.46. The number of carbonyl (C=O) groups is 1. The summed E-state index contributed by atoms with van der Waals surface area (Å²) in [5.74, 6) is -0.162. The molecule has 0 bridgehead atoms. The fraction of sp³-hybridized carbons (Fsp3) is 0.909. The zero-order chi connectivity index (χ0) is 10.9. The highest BCUT2D eigenvalue weighted by molar-refractivity contribution is 5.84. The van der Waals surface area contributed by atoms with Crippen molar-refractivity contribution in [3.05, 3.63) is 0 Å². The number of carbonyl (C=O) groups excluding carboxylic acids is 1. The molecule has 4 nitrogen and oxygen atoms in total. The molecule has 0 aromatic heterocycles. The molecule has 86 valence electrons. The van der Waals surface area contributed by atoms with Crippen LogP contribution in [0.5, 0.6) is 0 Å². The third kappa shape index (κ3) is 2.49.